The van der Waals surface area contributed by atoms with E-state index in [1.54, 1.807) is 42.7 Å². The predicted octanol–water partition coefficient (Wildman–Crippen LogP) is 7.63. The Morgan fingerprint density at radius 3 is 1.27 bits per heavy atom. The van der Waals surface area contributed by atoms with Crippen molar-refractivity contribution in [3.63, 3.8) is 0 Å². The van der Waals surface area contributed by atoms with Crippen molar-refractivity contribution in [3.05, 3.63) is 88.0 Å². The maximum Gasteiger partial charge on any atom is 0.128 e. The molecule has 7 heteroatoms. The average Bonchev–Trinajstić information content (AvgIpc) is 2.98. The number of aryl methyl sites for hydroxylation is 3. The fourth-order valence-corrected chi connectivity index (χ4v) is 6.11. The van der Waals surface area contributed by atoms with E-state index in [-0.39, 0.29) is 5.92 Å². The SMILES string of the molecule is COc1cc(OC)cc(N2c3cc(OC)cc(OC)c3C(c3c(C)cc(C)cc3C)c3c(OC)cc(OC)cc32)c1. The van der Waals surface area contributed by atoms with Crippen LogP contribution in [0.4, 0.5) is 17.1 Å². The first kappa shape index (κ1) is 28.0. The van der Waals surface area contributed by atoms with E-state index in [0.717, 1.165) is 28.2 Å². The molecule has 0 spiro atoms. The van der Waals surface area contributed by atoms with Crippen molar-refractivity contribution in [1.29, 1.82) is 0 Å². The molecule has 0 aliphatic carbocycles. The monoisotopic (exact) mass is 555 g/mol. The Morgan fingerprint density at radius 1 is 0.463 bits per heavy atom. The van der Waals surface area contributed by atoms with Crippen LogP contribution in [0, 0.1) is 20.8 Å². The van der Waals surface area contributed by atoms with Gasteiger partial charge in [0.25, 0.3) is 0 Å². The second-order valence-electron chi connectivity index (χ2n) is 10.2. The van der Waals surface area contributed by atoms with Gasteiger partial charge in [0, 0.05) is 59.5 Å². The third-order valence-corrected chi connectivity index (χ3v) is 7.78. The van der Waals surface area contributed by atoms with Crippen LogP contribution in [0.15, 0.2) is 54.6 Å². The number of benzene rings is 4. The summed E-state index contributed by atoms with van der Waals surface area (Å²) in [5.74, 6) is 3.91. The van der Waals surface area contributed by atoms with Gasteiger partial charge in [0.15, 0.2) is 0 Å². The normalized spacial score (nSPS) is 12.4. The molecule has 1 aliphatic rings. The van der Waals surface area contributed by atoms with Gasteiger partial charge in [0.1, 0.15) is 34.5 Å². The van der Waals surface area contributed by atoms with Gasteiger partial charge in [-0.2, -0.15) is 0 Å². The summed E-state index contributed by atoms with van der Waals surface area (Å²) in [6.45, 7) is 6.46. The molecule has 0 bridgehead atoms. The van der Waals surface area contributed by atoms with Crippen LogP contribution in [0.5, 0.6) is 34.5 Å². The zero-order valence-corrected chi connectivity index (χ0v) is 25.2. The smallest absolute Gasteiger partial charge is 0.128 e. The molecule has 41 heavy (non-hydrogen) atoms. The lowest BCUT2D eigenvalue weighted by molar-refractivity contribution is 0.385. The summed E-state index contributed by atoms with van der Waals surface area (Å²) in [6.07, 6.45) is 0. The van der Waals surface area contributed by atoms with Crippen LogP contribution in [0.1, 0.15) is 39.3 Å². The summed E-state index contributed by atoms with van der Waals surface area (Å²) in [5.41, 5.74) is 9.45. The van der Waals surface area contributed by atoms with E-state index in [0.29, 0.717) is 34.5 Å². The van der Waals surface area contributed by atoms with Crippen molar-refractivity contribution in [2.24, 2.45) is 0 Å². The zero-order valence-electron chi connectivity index (χ0n) is 25.2. The van der Waals surface area contributed by atoms with Gasteiger partial charge in [0.05, 0.1) is 59.7 Å². The molecular formula is C34H37NO6. The minimum atomic E-state index is -0.203. The second-order valence-corrected chi connectivity index (χ2v) is 10.2. The minimum absolute atomic E-state index is 0.203. The molecular weight excluding hydrogens is 518 g/mol. The number of anilines is 3. The first-order valence-corrected chi connectivity index (χ1v) is 13.4. The van der Waals surface area contributed by atoms with Gasteiger partial charge in [-0.3, -0.25) is 0 Å². The van der Waals surface area contributed by atoms with Crippen LogP contribution < -0.4 is 33.3 Å². The van der Waals surface area contributed by atoms with Crippen LogP contribution in [0.25, 0.3) is 0 Å². The molecule has 0 amide bonds. The highest BCUT2D eigenvalue weighted by molar-refractivity contribution is 5.91. The average molecular weight is 556 g/mol. The first-order chi connectivity index (χ1) is 19.8. The van der Waals surface area contributed by atoms with Crippen molar-refractivity contribution < 1.29 is 28.4 Å². The second kappa shape index (κ2) is 11.2. The van der Waals surface area contributed by atoms with Crippen molar-refractivity contribution in [2.75, 3.05) is 47.6 Å². The summed E-state index contributed by atoms with van der Waals surface area (Å²) < 4.78 is 35.1. The molecule has 0 fully saturated rings. The lowest BCUT2D eigenvalue weighted by Gasteiger charge is -2.40. The summed E-state index contributed by atoms with van der Waals surface area (Å²) >= 11 is 0. The lowest BCUT2D eigenvalue weighted by atomic mass is 9.75. The largest absolute Gasteiger partial charge is 0.497 e. The fraction of sp³-hybridized carbons (Fsp3) is 0.294. The van der Waals surface area contributed by atoms with Crippen molar-refractivity contribution in [3.8, 4) is 34.5 Å². The Balaban J connectivity index is 1.98. The van der Waals surface area contributed by atoms with Gasteiger partial charge in [-0.05, 0) is 37.5 Å². The van der Waals surface area contributed by atoms with Gasteiger partial charge in [-0.15, -0.1) is 0 Å². The van der Waals surface area contributed by atoms with E-state index in [9.17, 15) is 0 Å². The summed E-state index contributed by atoms with van der Waals surface area (Å²) in [7, 11) is 10.0. The maximum atomic E-state index is 6.10. The number of fused-ring (bicyclic) bond motifs is 2. The van der Waals surface area contributed by atoms with E-state index >= 15 is 0 Å². The molecule has 5 rings (SSSR count). The van der Waals surface area contributed by atoms with E-state index in [1.807, 2.05) is 42.5 Å². The molecule has 214 valence electrons. The number of hydrogen-bond donors (Lipinski definition) is 0. The molecule has 4 aromatic rings. The first-order valence-electron chi connectivity index (χ1n) is 13.4. The summed E-state index contributed by atoms with van der Waals surface area (Å²) in [4.78, 5) is 2.17. The van der Waals surface area contributed by atoms with E-state index in [2.05, 4.69) is 37.8 Å². The fourth-order valence-electron chi connectivity index (χ4n) is 6.11. The van der Waals surface area contributed by atoms with Crippen LogP contribution in [0.3, 0.4) is 0 Å². The van der Waals surface area contributed by atoms with Gasteiger partial charge in [-0.1, -0.05) is 17.7 Å². The Hall–Kier alpha value is -4.52. The van der Waals surface area contributed by atoms with Gasteiger partial charge in [-0.25, -0.2) is 0 Å². The van der Waals surface area contributed by atoms with Gasteiger partial charge >= 0.3 is 0 Å². The molecule has 0 saturated heterocycles. The van der Waals surface area contributed by atoms with Crippen LogP contribution in [-0.2, 0) is 0 Å². The highest BCUT2D eigenvalue weighted by Gasteiger charge is 2.40. The predicted molar refractivity (Wildman–Crippen MR) is 162 cm³/mol. The molecule has 1 heterocycles. The number of ether oxygens (including phenoxy) is 6. The quantitative estimate of drug-likeness (QED) is 0.195. The maximum absolute atomic E-state index is 6.10. The molecule has 0 aromatic heterocycles. The molecule has 0 N–H and O–H groups in total. The summed E-state index contributed by atoms with van der Waals surface area (Å²) in [5, 5.41) is 0. The zero-order chi connectivity index (χ0) is 29.4. The van der Waals surface area contributed by atoms with Gasteiger partial charge in [0.2, 0.25) is 0 Å². The van der Waals surface area contributed by atoms with Crippen LogP contribution in [-0.4, -0.2) is 42.7 Å². The topological polar surface area (TPSA) is 58.6 Å². The lowest BCUT2D eigenvalue weighted by Crippen LogP contribution is -2.25. The molecule has 0 unspecified atom stereocenters. The van der Waals surface area contributed by atoms with Crippen molar-refractivity contribution >= 4 is 17.1 Å². The van der Waals surface area contributed by atoms with Gasteiger partial charge < -0.3 is 33.3 Å². The standard InChI is InChI=1S/C34H37NO6/c1-19-10-20(2)31(21(3)11-19)34-32-27(15-25(38-6)17-29(32)40-8)35(22-12-23(36-4)14-24(13-22)37-5)28-16-26(39-7)18-30(41-9)33(28)34/h10-18,34H,1-9H3. The molecule has 1 aliphatic heterocycles. The summed E-state index contributed by atoms with van der Waals surface area (Å²) in [6, 6.07) is 18.3. The van der Waals surface area contributed by atoms with Crippen LogP contribution >= 0.6 is 0 Å². The molecule has 4 aromatic carbocycles. The van der Waals surface area contributed by atoms with Crippen molar-refractivity contribution in [1.82, 2.24) is 0 Å². The third kappa shape index (κ3) is 4.75. The molecule has 0 saturated carbocycles. The highest BCUT2D eigenvalue weighted by atomic mass is 16.5. The number of hydrogen-bond acceptors (Lipinski definition) is 7. The van der Waals surface area contributed by atoms with E-state index < -0.39 is 0 Å². The van der Waals surface area contributed by atoms with Crippen LogP contribution in [0.2, 0.25) is 0 Å². The molecule has 7 nitrogen and oxygen atoms in total. The Kier molecular flexibility index (Phi) is 7.63. The number of methoxy groups -OCH3 is 6. The molecule has 0 atom stereocenters. The number of rotatable bonds is 8. The van der Waals surface area contributed by atoms with E-state index in [1.165, 1.54) is 22.3 Å². The Bertz CT molecular complexity index is 1500. The Morgan fingerprint density at radius 2 is 0.878 bits per heavy atom. The van der Waals surface area contributed by atoms with Crippen molar-refractivity contribution in [2.45, 2.75) is 26.7 Å². The minimum Gasteiger partial charge on any atom is -0.497 e. The third-order valence-electron chi connectivity index (χ3n) is 7.78. The highest BCUT2D eigenvalue weighted by Crippen LogP contribution is 2.59. The molecule has 0 radical (unpaired) electrons. The van der Waals surface area contributed by atoms with E-state index in [4.69, 9.17) is 28.4 Å². The number of nitrogens with zero attached hydrogens (tertiary/aromatic N) is 1. The Labute approximate surface area is 242 Å².